The van der Waals surface area contributed by atoms with Crippen molar-refractivity contribution in [3.05, 3.63) is 47.4 Å². The lowest BCUT2D eigenvalue weighted by molar-refractivity contribution is -0.119. The Morgan fingerprint density at radius 3 is 2.67 bits per heavy atom. The quantitative estimate of drug-likeness (QED) is 0.655. The van der Waals surface area contributed by atoms with Gasteiger partial charge in [0, 0.05) is 12.4 Å². The molecule has 7 nitrogen and oxygen atoms in total. The van der Waals surface area contributed by atoms with E-state index in [0.29, 0.717) is 5.69 Å². The highest BCUT2D eigenvalue weighted by molar-refractivity contribution is 6.32. The van der Waals surface area contributed by atoms with Crippen molar-refractivity contribution in [3.63, 3.8) is 0 Å². The molecule has 0 aliphatic carbocycles. The fourth-order valence-corrected chi connectivity index (χ4v) is 1.63. The van der Waals surface area contributed by atoms with E-state index in [4.69, 9.17) is 22.1 Å². The Hall–Kier alpha value is -2.67. The van der Waals surface area contributed by atoms with E-state index in [1.807, 2.05) is 0 Å². The smallest absolute Gasteiger partial charge is 0.342 e. The number of halogens is 1. The fraction of sp³-hybridized carbons (Fsp3) is 0.0769. The molecule has 2 aromatic rings. The Bertz CT molecular complexity index is 678. The van der Waals surface area contributed by atoms with Gasteiger partial charge in [0.2, 0.25) is 0 Å². The van der Waals surface area contributed by atoms with Crippen LogP contribution in [0.15, 0.2) is 36.7 Å². The number of anilines is 2. The van der Waals surface area contributed by atoms with Crippen LogP contribution in [0.1, 0.15) is 10.4 Å². The number of carbonyl (C=O) groups is 2. The van der Waals surface area contributed by atoms with Gasteiger partial charge in [-0.05, 0) is 24.3 Å². The van der Waals surface area contributed by atoms with E-state index < -0.39 is 18.5 Å². The molecule has 0 bridgehead atoms. The zero-order chi connectivity index (χ0) is 15.2. The molecule has 1 amide bonds. The number of aromatic nitrogens is 2. The molecule has 108 valence electrons. The van der Waals surface area contributed by atoms with Gasteiger partial charge in [0.25, 0.3) is 5.91 Å². The van der Waals surface area contributed by atoms with Crippen LogP contribution in [0.3, 0.4) is 0 Å². The van der Waals surface area contributed by atoms with E-state index >= 15 is 0 Å². The number of hydrogen-bond acceptors (Lipinski definition) is 6. The summed E-state index contributed by atoms with van der Waals surface area (Å²) in [7, 11) is 0. The summed E-state index contributed by atoms with van der Waals surface area (Å²) in [6.45, 7) is -0.474. The number of nitrogens with one attached hydrogen (secondary N) is 1. The summed E-state index contributed by atoms with van der Waals surface area (Å²) in [5, 5.41) is 2.62. The second-order valence-corrected chi connectivity index (χ2v) is 4.26. The number of carbonyl (C=O) groups excluding carboxylic acids is 2. The van der Waals surface area contributed by atoms with Gasteiger partial charge in [-0.3, -0.25) is 4.79 Å². The average Bonchev–Trinajstić information content (AvgIpc) is 2.48. The Labute approximate surface area is 125 Å². The van der Waals surface area contributed by atoms with Gasteiger partial charge in [0.15, 0.2) is 11.8 Å². The van der Waals surface area contributed by atoms with Crippen molar-refractivity contribution in [2.45, 2.75) is 0 Å². The van der Waals surface area contributed by atoms with E-state index in [0.717, 1.165) is 0 Å². The first kappa shape index (κ1) is 14.7. The molecule has 8 heteroatoms. The minimum atomic E-state index is -0.729. The van der Waals surface area contributed by atoms with Gasteiger partial charge in [0.05, 0.1) is 5.69 Å². The van der Waals surface area contributed by atoms with E-state index in [-0.39, 0.29) is 16.5 Å². The number of amides is 1. The zero-order valence-corrected chi connectivity index (χ0v) is 11.5. The second kappa shape index (κ2) is 6.67. The van der Waals surface area contributed by atoms with Crippen LogP contribution in [0.4, 0.5) is 11.5 Å². The summed E-state index contributed by atoms with van der Waals surface area (Å²) in [5.41, 5.74) is 5.97. The lowest BCUT2D eigenvalue weighted by atomic mass is 10.2. The molecule has 0 radical (unpaired) electrons. The summed E-state index contributed by atoms with van der Waals surface area (Å²) >= 11 is 5.79. The number of ether oxygens (including phenoxy) is 1. The molecule has 0 spiro atoms. The Morgan fingerprint density at radius 1 is 1.24 bits per heavy atom. The zero-order valence-electron chi connectivity index (χ0n) is 10.7. The molecule has 0 atom stereocenters. The third-order valence-electron chi connectivity index (χ3n) is 2.43. The molecule has 2 aromatic heterocycles. The largest absolute Gasteiger partial charge is 0.452 e. The lowest BCUT2D eigenvalue weighted by Crippen LogP contribution is -2.21. The summed E-state index contributed by atoms with van der Waals surface area (Å²) in [5.74, 6) is -1.23. The molecule has 0 unspecified atom stereocenters. The number of nitrogens with two attached hydrogens (primary N) is 1. The van der Waals surface area contributed by atoms with Crippen molar-refractivity contribution in [2.24, 2.45) is 0 Å². The summed E-state index contributed by atoms with van der Waals surface area (Å²) < 4.78 is 4.85. The number of hydrogen-bond donors (Lipinski definition) is 2. The number of esters is 1. The van der Waals surface area contributed by atoms with E-state index in [1.54, 1.807) is 18.2 Å². The summed E-state index contributed by atoms with van der Waals surface area (Å²) in [4.78, 5) is 31.0. The topological polar surface area (TPSA) is 107 Å². The molecular formula is C13H11ClN4O3. The molecule has 2 rings (SSSR count). The molecule has 21 heavy (non-hydrogen) atoms. The summed E-state index contributed by atoms with van der Waals surface area (Å²) in [6, 6.07) is 6.20. The van der Waals surface area contributed by atoms with Gasteiger partial charge in [0.1, 0.15) is 11.4 Å². The molecule has 0 saturated heterocycles. The van der Waals surface area contributed by atoms with Crippen molar-refractivity contribution in [1.82, 2.24) is 9.97 Å². The number of nitrogen functional groups attached to an aromatic ring is 1. The fourth-order valence-electron chi connectivity index (χ4n) is 1.46. The first-order valence-electron chi connectivity index (χ1n) is 5.86. The molecule has 0 aliphatic rings. The van der Waals surface area contributed by atoms with Crippen molar-refractivity contribution in [2.75, 3.05) is 17.7 Å². The van der Waals surface area contributed by atoms with Gasteiger partial charge in [-0.2, -0.15) is 0 Å². The highest BCUT2D eigenvalue weighted by Gasteiger charge is 2.14. The standard InChI is InChI=1S/C13H11ClN4O3/c14-11-9(4-2-5-16-11)18-10(19)7-21-13(20)8-3-1-6-17-12(8)15/h1-6H,7H2,(H2,15,17)(H,18,19). The van der Waals surface area contributed by atoms with Crippen LogP contribution in [0.2, 0.25) is 5.15 Å². The van der Waals surface area contributed by atoms with Gasteiger partial charge in [-0.25, -0.2) is 14.8 Å². The maximum Gasteiger partial charge on any atom is 0.342 e. The molecule has 0 saturated carbocycles. The molecule has 0 fully saturated rings. The van der Waals surface area contributed by atoms with Crippen LogP contribution in [-0.4, -0.2) is 28.5 Å². The number of pyridine rings is 2. The number of nitrogens with zero attached hydrogens (tertiary/aromatic N) is 2. The maximum absolute atomic E-state index is 11.7. The molecule has 0 aromatic carbocycles. The van der Waals surface area contributed by atoms with Crippen LogP contribution in [0, 0.1) is 0 Å². The van der Waals surface area contributed by atoms with Gasteiger partial charge < -0.3 is 15.8 Å². The highest BCUT2D eigenvalue weighted by Crippen LogP contribution is 2.17. The number of rotatable bonds is 4. The Balaban J connectivity index is 1.91. The van der Waals surface area contributed by atoms with Crippen molar-refractivity contribution in [3.8, 4) is 0 Å². The normalized spacial score (nSPS) is 9.95. The Kier molecular flexibility index (Phi) is 4.68. The van der Waals surface area contributed by atoms with Gasteiger partial charge >= 0.3 is 5.97 Å². The van der Waals surface area contributed by atoms with Crippen LogP contribution in [-0.2, 0) is 9.53 Å². The first-order chi connectivity index (χ1) is 10.1. The van der Waals surface area contributed by atoms with Crippen LogP contribution < -0.4 is 11.1 Å². The Morgan fingerprint density at radius 2 is 1.95 bits per heavy atom. The SMILES string of the molecule is Nc1ncccc1C(=O)OCC(=O)Nc1cccnc1Cl. The van der Waals surface area contributed by atoms with Crippen LogP contribution >= 0.6 is 11.6 Å². The van der Waals surface area contributed by atoms with Crippen molar-refractivity contribution >= 4 is 35.0 Å². The molecule has 3 N–H and O–H groups in total. The minimum Gasteiger partial charge on any atom is -0.452 e. The van der Waals surface area contributed by atoms with E-state index in [1.165, 1.54) is 18.5 Å². The van der Waals surface area contributed by atoms with Crippen molar-refractivity contribution < 1.29 is 14.3 Å². The van der Waals surface area contributed by atoms with E-state index in [9.17, 15) is 9.59 Å². The molecular weight excluding hydrogens is 296 g/mol. The third-order valence-corrected chi connectivity index (χ3v) is 2.73. The monoisotopic (exact) mass is 306 g/mol. The molecule has 2 heterocycles. The minimum absolute atomic E-state index is 0.0400. The second-order valence-electron chi connectivity index (χ2n) is 3.90. The molecule has 0 aliphatic heterocycles. The van der Waals surface area contributed by atoms with Crippen LogP contribution in [0.5, 0.6) is 0 Å². The van der Waals surface area contributed by atoms with E-state index in [2.05, 4.69) is 15.3 Å². The van der Waals surface area contributed by atoms with Crippen molar-refractivity contribution in [1.29, 1.82) is 0 Å². The third kappa shape index (κ3) is 3.90. The van der Waals surface area contributed by atoms with Crippen LogP contribution in [0.25, 0.3) is 0 Å². The predicted octanol–water partition coefficient (Wildman–Crippen LogP) is 1.51. The highest BCUT2D eigenvalue weighted by atomic mass is 35.5. The lowest BCUT2D eigenvalue weighted by Gasteiger charge is -2.08. The maximum atomic E-state index is 11.7. The first-order valence-corrected chi connectivity index (χ1v) is 6.23. The van der Waals surface area contributed by atoms with Gasteiger partial charge in [-0.15, -0.1) is 0 Å². The predicted molar refractivity (Wildman–Crippen MR) is 76.8 cm³/mol. The summed E-state index contributed by atoms with van der Waals surface area (Å²) in [6.07, 6.45) is 2.94. The van der Waals surface area contributed by atoms with Gasteiger partial charge in [-0.1, -0.05) is 11.6 Å². The average molecular weight is 307 g/mol.